The Balaban J connectivity index is 3.11. The van der Waals surface area contributed by atoms with Gasteiger partial charge in [-0.2, -0.15) is 0 Å². The van der Waals surface area contributed by atoms with E-state index in [4.69, 9.17) is 9.05 Å². The Hall–Kier alpha value is -0.540. The minimum absolute atomic E-state index is 0.410. The Morgan fingerprint density at radius 3 is 2.07 bits per heavy atom. The molecule has 0 atom stereocenters. The van der Waals surface area contributed by atoms with Crippen LogP contribution >= 0.6 is 7.28 Å². The SMILES string of the molecule is CCOP(C)(O)(OCC)c1ccncc1. The van der Waals surface area contributed by atoms with E-state index in [1.807, 2.05) is 13.8 Å². The van der Waals surface area contributed by atoms with Crippen molar-refractivity contribution >= 4 is 12.6 Å². The van der Waals surface area contributed by atoms with Gasteiger partial charge in [0.1, 0.15) is 0 Å². The topological polar surface area (TPSA) is 51.6 Å². The first kappa shape index (κ1) is 12.5. The Labute approximate surface area is 90.4 Å². The fourth-order valence-electron chi connectivity index (χ4n) is 1.48. The predicted octanol–water partition coefficient (Wildman–Crippen LogP) is 1.70. The third kappa shape index (κ3) is 2.73. The molecule has 1 N–H and O–H groups in total. The first-order chi connectivity index (χ1) is 7.02. The van der Waals surface area contributed by atoms with E-state index in [2.05, 4.69) is 4.98 Å². The third-order valence-electron chi connectivity index (χ3n) is 2.11. The van der Waals surface area contributed by atoms with Gasteiger partial charge in [0.2, 0.25) is 0 Å². The quantitative estimate of drug-likeness (QED) is 0.784. The molecule has 0 radical (unpaired) electrons. The molecule has 0 saturated carbocycles. The van der Waals surface area contributed by atoms with Crippen LogP contribution in [0, 0.1) is 0 Å². The molecule has 15 heavy (non-hydrogen) atoms. The van der Waals surface area contributed by atoms with Gasteiger partial charge in [0.05, 0.1) is 0 Å². The standard InChI is InChI=1S/C10H18NO3P/c1-4-13-15(3,12,14-5-2)10-6-8-11-9-7-10/h6-9,12H,4-5H2,1-3H3. The average Bonchev–Trinajstić information content (AvgIpc) is 2.19. The van der Waals surface area contributed by atoms with Crippen LogP contribution in [0.4, 0.5) is 0 Å². The zero-order valence-corrected chi connectivity index (χ0v) is 10.3. The van der Waals surface area contributed by atoms with E-state index in [0.29, 0.717) is 18.5 Å². The number of hydrogen-bond donors (Lipinski definition) is 1. The first-order valence-electron chi connectivity index (χ1n) is 4.99. The molecule has 0 amide bonds. The molecule has 5 heteroatoms. The molecule has 4 nitrogen and oxygen atoms in total. The maximum absolute atomic E-state index is 10.6. The van der Waals surface area contributed by atoms with Crippen molar-refractivity contribution in [1.29, 1.82) is 0 Å². The van der Waals surface area contributed by atoms with Gasteiger partial charge in [-0.3, -0.25) is 0 Å². The van der Waals surface area contributed by atoms with Gasteiger partial charge in [0, 0.05) is 0 Å². The molecule has 0 fully saturated rings. The molecular formula is C10H18NO3P. The third-order valence-corrected chi connectivity index (χ3v) is 5.31. The molecule has 0 aliphatic rings. The predicted molar refractivity (Wildman–Crippen MR) is 62.2 cm³/mol. The van der Waals surface area contributed by atoms with E-state index in [0.717, 1.165) is 0 Å². The summed E-state index contributed by atoms with van der Waals surface area (Å²) in [7, 11) is -3.64. The van der Waals surface area contributed by atoms with Crippen LogP contribution in [-0.2, 0) is 9.05 Å². The second kappa shape index (κ2) is 4.54. The number of nitrogens with zero attached hydrogens (tertiary/aromatic N) is 1. The van der Waals surface area contributed by atoms with Gasteiger partial charge in [-0.1, -0.05) is 0 Å². The molecule has 0 aliphatic carbocycles. The van der Waals surface area contributed by atoms with Crippen molar-refractivity contribution in [2.45, 2.75) is 13.8 Å². The Bertz CT molecular complexity index is 306. The van der Waals surface area contributed by atoms with E-state index >= 15 is 0 Å². The van der Waals surface area contributed by atoms with Gasteiger partial charge in [-0.25, -0.2) is 0 Å². The molecule has 86 valence electrons. The molecule has 1 heterocycles. The van der Waals surface area contributed by atoms with Crippen LogP contribution in [0.1, 0.15) is 13.8 Å². The van der Waals surface area contributed by atoms with Gasteiger partial charge < -0.3 is 0 Å². The molecule has 0 spiro atoms. The summed E-state index contributed by atoms with van der Waals surface area (Å²) in [5, 5.41) is 0.666. The van der Waals surface area contributed by atoms with E-state index in [1.165, 1.54) is 0 Å². The first-order valence-corrected chi connectivity index (χ1v) is 7.46. The van der Waals surface area contributed by atoms with Crippen LogP contribution in [-0.4, -0.2) is 29.8 Å². The van der Waals surface area contributed by atoms with Gasteiger partial charge in [-0.15, -0.1) is 0 Å². The van der Waals surface area contributed by atoms with Crippen molar-refractivity contribution in [3.63, 3.8) is 0 Å². The van der Waals surface area contributed by atoms with Crippen LogP contribution in [0.15, 0.2) is 24.5 Å². The zero-order chi connectivity index (χ0) is 11.4. The zero-order valence-electron chi connectivity index (χ0n) is 9.38. The summed E-state index contributed by atoms with van der Waals surface area (Å²) in [6.07, 6.45) is 3.24. The summed E-state index contributed by atoms with van der Waals surface area (Å²) in [5.74, 6) is 0. The Kier molecular flexibility index (Phi) is 3.79. The van der Waals surface area contributed by atoms with Crippen LogP contribution in [0.25, 0.3) is 0 Å². The normalized spacial score (nSPS) is 14.5. The van der Waals surface area contributed by atoms with Gasteiger partial charge >= 0.3 is 89.8 Å². The summed E-state index contributed by atoms with van der Waals surface area (Å²) in [5.41, 5.74) is 0. The number of pyridine rings is 1. The maximum atomic E-state index is 10.6. The monoisotopic (exact) mass is 231 g/mol. The molecule has 1 aromatic heterocycles. The van der Waals surface area contributed by atoms with Crippen molar-refractivity contribution in [3.05, 3.63) is 24.5 Å². The van der Waals surface area contributed by atoms with Crippen molar-refractivity contribution in [2.24, 2.45) is 0 Å². The van der Waals surface area contributed by atoms with E-state index in [1.54, 1.807) is 31.2 Å². The van der Waals surface area contributed by atoms with Crippen LogP contribution in [0.3, 0.4) is 0 Å². The average molecular weight is 231 g/mol. The van der Waals surface area contributed by atoms with E-state index in [9.17, 15) is 4.89 Å². The van der Waals surface area contributed by atoms with E-state index in [-0.39, 0.29) is 0 Å². The minimum atomic E-state index is -3.64. The summed E-state index contributed by atoms with van der Waals surface area (Å²) in [6.45, 7) is 6.12. The van der Waals surface area contributed by atoms with Gasteiger partial charge in [-0.05, 0) is 0 Å². The van der Waals surface area contributed by atoms with Crippen molar-refractivity contribution in [1.82, 2.24) is 4.98 Å². The number of rotatable bonds is 5. The van der Waals surface area contributed by atoms with Crippen molar-refractivity contribution in [3.8, 4) is 0 Å². The Morgan fingerprint density at radius 2 is 1.67 bits per heavy atom. The van der Waals surface area contributed by atoms with Crippen molar-refractivity contribution < 1.29 is 13.9 Å². The molecule has 0 unspecified atom stereocenters. The van der Waals surface area contributed by atoms with Gasteiger partial charge in [0.25, 0.3) is 0 Å². The molecule has 0 aromatic carbocycles. The summed E-state index contributed by atoms with van der Waals surface area (Å²) < 4.78 is 11.0. The summed E-state index contributed by atoms with van der Waals surface area (Å²) in [4.78, 5) is 14.5. The Morgan fingerprint density at radius 1 is 1.20 bits per heavy atom. The fraction of sp³-hybridized carbons (Fsp3) is 0.500. The number of aromatic nitrogens is 1. The molecule has 0 aliphatic heterocycles. The molecule has 0 saturated heterocycles. The molecular weight excluding hydrogens is 213 g/mol. The second-order valence-electron chi connectivity index (χ2n) is 3.35. The summed E-state index contributed by atoms with van der Waals surface area (Å²) >= 11 is 0. The van der Waals surface area contributed by atoms with E-state index < -0.39 is 7.28 Å². The summed E-state index contributed by atoms with van der Waals surface area (Å²) in [6, 6.07) is 3.45. The second-order valence-corrected chi connectivity index (χ2v) is 7.00. The molecule has 1 aromatic rings. The fourth-order valence-corrected chi connectivity index (χ4v) is 3.87. The van der Waals surface area contributed by atoms with Crippen LogP contribution in [0.2, 0.25) is 0 Å². The van der Waals surface area contributed by atoms with Crippen LogP contribution in [0.5, 0.6) is 0 Å². The van der Waals surface area contributed by atoms with Gasteiger partial charge in [0.15, 0.2) is 0 Å². The molecule has 0 bridgehead atoms. The number of hydrogen-bond acceptors (Lipinski definition) is 4. The molecule has 1 rings (SSSR count). The van der Waals surface area contributed by atoms with Crippen LogP contribution < -0.4 is 5.30 Å². The van der Waals surface area contributed by atoms with Crippen molar-refractivity contribution in [2.75, 3.05) is 19.9 Å².